The predicted molar refractivity (Wildman–Crippen MR) is 152 cm³/mol. The highest BCUT2D eigenvalue weighted by Crippen LogP contribution is 2.43. The van der Waals surface area contributed by atoms with E-state index in [1.807, 2.05) is 40.9 Å². The van der Waals surface area contributed by atoms with Crippen molar-refractivity contribution in [3.05, 3.63) is 60.2 Å². The van der Waals surface area contributed by atoms with Gasteiger partial charge >= 0.3 is 0 Å². The molecule has 39 heavy (non-hydrogen) atoms. The Kier molecular flexibility index (Phi) is 7.40. The zero-order valence-electron chi connectivity index (χ0n) is 23.0. The maximum Gasteiger partial charge on any atom is 0.228 e. The molecule has 0 unspecified atom stereocenters. The van der Waals surface area contributed by atoms with Crippen molar-refractivity contribution in [3.63, 3.8) is 0 Å². The fourth-order valence-electron chi connectivity index (χ4n) is 5.71. The Balaban J connectivity index is 1.13. The maximum atomic E-state index is 5.21. The lowest BCUT2D eigenvalue weighted by Gasteiger charge is -2.34. The Morgan fingerprint density at radius 3 is 2.51 bits per heavy atom. The molecule has 1 fully saturated rings. The number of piperazine rings is 1. The van der Waals surface area contributed by atoms with Crippen LogP contribution in [0.1, 0.15) is 24.2 Å². The fraction of sp³-hybridized carbons (Fsp3) is 0.448. The first kappa shape index (κ1) is 25.7. The maximum absolute atomic E-state index is 5.21. The molecule has 1 N–H and O–H groups in total. The molecule has 1 aromatic carbocycles. The van der Waals surface area contributed by atoms with Gasteiger partial charge in [-0.1, -0.05) is 37.3 Å². The number of fused-ring (bicyclic) bond motifs is 3. The number of ether oxygens (including phenoxy) is 1. The van der Waals surface area contributed by atoms with Crippen molar-refractivity contribution >= 4 is 11.8 Å². The number of anilines is 2. The van der Waals surface area contributed by atoms with Crippen LogP contribution in [-0.4, -0.2) is 92.3 Å². The minimum Gasteiger partial charge on any atom is -0.383 e. The summed E-state index contributed by atoms with van der Waals surface area (Å²) in [4.78, 5) is 14.6. The minimum absolute atomic E-state index is 0.252. The van der Waals surface area contributed by atoms with E-state index in [1.165, 1.54) is 0 Å². The third-order valence-electron chi connectivity index (χ3n) is 7.82. The van der Waals surface area contributed by atoms with Crippen LogP contribution in [0.4, 0.5) is 11.8 Å². The molecule has 0 saturated carbocycles. The van der Waals surface area contributed by atoms with Crippen molar-refractivity contribution in [2.24, 2.45) is 7.05 Å². The van der Waals surface area contributed by atoms with Crippen LogP contribution in [0.5, 0.6) is 0 Å². The number of benzene rings is 1. The van der Waals surface area contributed by atoms with Gasteiger partial charge in [-0.3, -0.25) is 19.2 Å². The number of nitrogens with zero attached hydrogens (tertiary/aromatic N) is 8. The Bertz CT molecular complexity index is 1410. The predicted octanol–water partition coefficient (Wildman–Crippen LogP) is 3.41. The standard InChI is InChI=1S/C29H37N9O/c1-21-19-24-26(28(35(2)33-24)22-7-5-4-6-8-22)23-20-30-29(32-27(21)23)31-25-9-10-38(34-25)16-15-36-11-13-37(14-12-36)17-18-39-3/h4-10,20-21H,11-19H2,1-3H3,(H,30,31,32,34)/t21-/m1/s1. The number of rotatable bonds is 9. The van der Waals surface area contributed by atoms with Crippen LogP contribution >= 0.6 is 0 Å². The lowest BCUT2D eigenvalue weighted by Crippen LogP contribution is -2.47. The quantitative estimate of drug-likeness (QED) is 0.354. The van der Waals surface area contributed by atoms with E-state index in [9.17, 15) is 0 Å². The number of nitrogens with one attached hydrogen (secondary N) is 1. The number of methoxy groups -OCH3 is 1. The number of aryl methyl sites for hydroxylation is 1. The van der Waals surface area contributed by atoms with Gasteiger partial charge in [0.05, 0.1) is 30.2 Å². The van der Waals surface area contributed by atoms with E-state index in [1.54, 1.807) is 7.11 Å². The molecule has 0 amide bonds. The average Bonchev–Trinajstić information content (AvgIpc) is 3.55. The van der Waals surface area contributed by atoms with E-state index in [4.69, 9.17) is 24.9 Å². The first-order valence-corrected chi connectivity index (χ1v) is 13.8. The second-order valence-electron chi connectivity index (χ2n) is 10.5. The third-order valence-corrected chi connectivity index (χ3v) is 7.82. The molecule has 2 aliphatic rings. The molecule has 0 bridgehead atoms. The summed E-state index contributed by atoms with van der Waals surface area (Å²) in [7, 11) is 3.78. The summed E-state index contributed by atoms with van der Waals surface area (Å²) in [5, 5.41) is 12.9. The first-order chi connectivity index (χ1) is 19.1. The zero-order chi connectivity index (χ0) is 26.8. The van der Waals surface area contributed by atoms with Crippen LogP contribution < -0.4 is 5.32 Å². The molecule has 3 aromatic heterocycles. The van der Waals surface area contributed by atoms with Gasteiger partial charge in [0.1, 0.15) is 0 Å². The van der Waals surface area contributed by atoms with E-state index in [0.29, 0.717) is 5.95 Å². The smallest absolute Gasteiger partial charge is 0.228 e. The lowest BCUT2D eigenvalue weighted by atomic mass is 9.85. The van der Waals surface area contributed by atoms with Gasteiger partial charge in [0.25, 0.3) is 0 Å². The molecule has 1 aliphatic heterocycles. The summed E-state index contributed by atoms with van der Waals surface area (Å²) in [6, 6.07) is 12.4. The lowest BCUT2D eigenvalue weighted by molar-refractivity contribution is 0.0948. The van der Waals surface area contributed by atoms with Crippen molar-refractivity contribution in [3.8, 4) is 22.4 Å². The van der Waals surface area contributed by atoms with Gasteiger partial charge in [0.2, 0.25) is 5.95 Å². The highest BCUT2D eigenvalue weighted by atomic mass is 16.5. The number of aromatic nitrogens is 6. The molecule has 1 atom stereocenters. The van der Waals surface area contributed by atoms with Crippen molar-refractivity contribution in [2.75, 3.05) is 58.3 Å². The molecule has 0 spiro atoms. The zero-order valence-corrected chi connectivity index (χ0v) is 23.0. The van der Waals surface area contributed by atoms with E-state index in [-0.39, 0.29) is 5.92 Å². The van der Waals surface area contributed by atoms with E-state index in [0.717, 1.165) is 98.4 Å². The first-order valence-electron chi connectivity index (χ1n) is 13.8. The molecule has 1 aliphatic carbocycles. The van der Waals surface area contributed by atoms with Crippen LogP contribution in [0, 0.1) is 0 Å². The van der Waals surface area contributed by atoms with Gasteiger partial charge < -0.3 is 10.1 Å². The fourth-order valence-corrected chi connectivity index (χ4v) is 5.71. The molecular weight excluding hydrogens is 490 g/mol. The second-order valence-corrected chi connectivity index (χ2v) is 10.5. The van der Waals surface area contributed by atoms with Gasteiger partial charge in [-0.15, -0.1) is 0 Å². The molecule has 0 radical (unpaired) electrons. The molecule has 6 rings (SSSR count). The summed E-state index contributed by atoms with van der Waals surface area (Å²) in [6.07, 6.45) is 4.82. The van der Waals surface area contributed by atoms with Crippen LogP contribution in [0.3, 0.4) is 0 Å². The van der Waals surface area contributed by atoms with Crippen molar-refractivity contribution in [2.45, 2.75) is 25.8 Å². The van der Waals surface area contributed by atoms with Crippen LogP contribution in [0.25, 0.3) is 22.4 Å². The summed E-state index contributed by atoms with van der Waals surface area (Å²) in [5.74, 6) is 1.59. The molecule has 204 valence electrons. The van der Waals surface area contributed by atoms with Gasteiger partial charge in [0, 0.05) is 101 Å². The van der Waals surface area contributed by atoms with Gasteiger partial charge in [-0.05, 0) is 0 Å². The summed E-state index contributed by atoms with van der Waals surface area (Å²) in [6.45, 7) is 10.2. The Morgan fingerprint density at radius 2 is 1.74 bits per heavy atom. The topological polar surface area (TPSA) is 89.2 Å². The SMILES string of the molecule is COCCN1CCN(CCn2ccc(Nc3ncc4c(n3)[C@H](C)Cc3nn(C)c(-c5ccccc5)c3-4)n2)CC1. The average molecular weight is 528 g/mol. The van der Waals surface area contributed by atoms with Crippen LogP contribution in [0.2, 0.25) is 0 Å². The van der Waals surface area contributed by atoms with E-state index >= 15 is 0 Å². The summed E-state index contributed by atoms with van der Waals surface area (Å²) in [5.41, 5.74) is 6.62. The molecule has 10 nitrogen and oxygen atoms in total. The van der Waals surface area contributed by atoms with Gasteiger partial charge in [-0.25, -0.2) is 9.97 Å². The van der Waals surface area contributed by atoms with Crippen molar-refractivity contribution < 1.29 is 4.74 Å². The third kappa shape index (κ3) is 5.45. The normalized spacial score (nSPS) is 17.7. The largest absolute Gasteiger partial charge is 0.383 e. The Labute approximate surface area is 229 Å². The van der Waals surface area contributed by atoms with Crippen LogP contribution in [0.15, 0.2) is 48.8 Å². The van der Waals surface area contributed by atoms with Crippen LogP contribution in [-0.2, 0) is 24.8 Å². The highest BCUT2D eigenvalue weighted by molar-refractivity contribution is 5.85. The Hall–Kier alpha value is -3.60. The van der Waals surface area contributed by atoms with Crippen molar-refractivity contribution in [1.29, 1.82) is 0 Å². The molecule has 1 saturated heterocycles. The van der Waals surface area contributed by atoms with Crippen molar-refractivity contribution in [1.82, 2.24) is 39.3 Å². The van der Waals surface area contributed by atoms with Gasteiger partial charge in [0.15, 0.2) is 5.82 Å². The van der Waals surface area contributed by atoms with Gasteiger partial charge in [-0.2, -0.15) is 10.2 Å². The molecule has 4 heterocycles. The summed E-state index contributed by atoms with van der Waals surface area (Å²) >= 11 is 0. The molecular formula is C29H37N9O. The number of hydrogen-bond acceptors (Lipinski definition) is 8. The molecule has 4 aromatic rings. The molecule has 10 heteroatoms. The Morgan fingerprint density at radius 1 is 0.974 bits per heavy atom. The second kappa shape index (κ2) is 11.3. The van der Waals surface area contributed by atoms with E-state index in [2.05, 4.69) is 46.3 Å². The van der Waals surface area contributed by atoms with E-state index < -0.39 is 0 Å². The summed E-state index contributed by atoms with van der Waals surface area (Å²) < 4.78 is 9.19. The minimum atomic E-state index is 0.252. The number of hydrogen-bond donors (Lipinski definition) is 1. The highest BCUT2D eigenvalue weighted by Gasteiger charge is 2.30. The monoisotopic (exact) mass is 527 g/mol.